The number of hydrogen-bond donors (Lipinski definition) is 1. The molecule has 2 unspecified atom stereocenters. The third kappa shape index (κ3) is 3.21. The third-order valence-corrected chi connectivity index (χ3v) is 4.75. The Balaban J connectivity index is 1.69. The van der Waals surface area contributed by atoms with Gasteiger partial charge in [0.25, 0.3) is 0 Å². The molecule has 1 aliphatic rings. The summed E-state index contributed by atoms with van der Waals surface area (Å²) in [5, 5.41) is 6.15. The number of ether oxygens (including phenoxy) is 1. The van der Waals surface area contributed by atoms with Crippen LogP contribution < -0.4 is 10.1 Å². The Hall–Kier alpha value is -1.54. The molecule has 21 heavy (non-hydrogen) atoms. The van der Waals surface area contributed by atoms with Gasteiger partial charge < -0.3 is 10.1 Å². The Morgan fingerprint density at radius 1 is 1.10 bits per heavy atom. The topological polar surface area (TPSA) is 21.3 Å². The van der Waals surface area contributed by atoms with Crippen molar-refractivity contribution in [3.63, 3.8) is 0 Å². The van der Waals surface area contributed by atoms with Crippen molar-refractivity contribution in [2.75, 3.05) is 13.7 Å². The number of rotatable bonds is 5. The van der Waals surface area contributed by atoms with Crippen LogP contribution in [0.5, 0.6) is 5.75 Å². The van der Waals surface area contributed by atoms with E-state index in [0.717, 1.165) is 30.7 Å². The van der Waals surface area contributed by atoms with Gasteiger partial charge in [0.15, 0.2) is 0 Å². The summed E-state index contributed by atoms with van der Waals surface area (Å²) in [4.78, 5) is 0. The summed E-state index contributed by atoms with van der Waals surface area (Å²) in [7, 11) is 1.74. The van der Waals surface area contributed by atoms with E-state index < -0.39 is 0 Å². The van der Waals surface area contributed by atoms with Gasteiger partial charge in [-0.2, -0.15) is 0 Å². The standard InChI is InChI=1S/C19H25NO/c1-14-7-8-15(11-14)12-20-13-16-9-10-19(21-2)18-6-4-3-5-17(16)18/h3-6,9-10,14-15,20H,7-8,11-13H2,1-2H3. The minimum absolute atomic E-state index is 0.865. The Labute approximate surface area is 127 Å². The number of fused-ring (bicyclic) bond motifs is 1. The van der Waals surface area contributed by atoms with Crippen LogP contribution in [0.15, 0.2) is 36.4 Å². The van der Waals surface area contributed by atoms with E-state index >= 15 is 0 Å². The molecular formula is C19H25NO. The monoisotopic (exact) mass is 283 g/mol. The Bertz CT molecular complexity index is 608. The molecule has 2 nitrogen and oxygen atoms in total. The minimum Gasteiger partial charge on any atom is -0.496 e. The van der Waals surface area contributed by atoms with Crippen LogP contribution in [0.3, 0.4) is 0 Å². The van der Waals surface area contributed by atoms with E-state index in [-0.39, 0.29) is 0 Å². The zero-order valence-corrected chi connectivity index (χ0v) is 13.1. The molecule has 1 N–H and O–H groups in total. The second-order valence-electron chi connectivity index (χ2n) is 6.39. The highest BCUT2D eigenvalue weighted by atomic mass is 16.5. The average Bonchev–Trinajstić information content (AvgIpc) is 2.93. The molecule has 0 heterocycles. The zero-order chi connectivity index (χ0) is 14.7. The number of hydrogen-bond acceptors (Lipinski definition) is 2. The van der Waals surface area contributed by atoms with Crippen molar-refractivity contribution in [1.29, 1.82) is 0 Å². The van der Waals surface area contributed by atoms with Crippen molar-refractivity contribution in [3.05, 3.63) is 42.0 Å². The van der Waals surface area contributed by atoms with Gasteiger partial charge in [-0.1, -0.05) is 43.7 Å². The van der Waals surface area contributed by atoms with Gasteiger partial charge in [-0.05, 0) is 48.2 Å². The number of benzene rings is 2. The molecule has 0 bridgehead atoms. The van der Waals surface area contributed by atoms with E-state index in [1.165, 1.54) is 35.6 Å². The molecule has 2 heteroatoms. The molecule has 2 aromatic carbocycles. The van der Waals surface area contributed by atoms with Gasteiger partial charge in [0.2, 0.25) is 0 Å². The fourth-order valence-corrected chi connectivity index (χ4v) is 3.59. The summed E-state index contributed by atoms with van der Waals surface area (Å²) in [5.74, 6) is 2.74. The molecule has 0 saturated heterocycles. The molecule has 0 radical (unpaired) electrons. The molecule has 0 aromatic heterocycles. The van der Waals surface area contributed by atoms with Crippen LogP contribution in [-0.4, -0.2) is 13.7 Å². The minimum atomic E-state index is 0.865. The van der Waals surface area contributed by atoms with E-state index in [9.17, 15) is 0 Å². The van der Waals surface area contributed by atoms with Crippen molar-refractivity contribution in [2.24, 2.45) is 11.8 Å². The third-order valence-electron chi connectivity index (χ3n) is 4.75. The van der Waals surface area contributed by atoms with Gasteiger partial charge in [0, 0.05) is 11.9 Å². The smallest absolute Gasteiger partial charge is 0.126 e. The highest BCUT2D eigenvalue weighted by Crippen LogP contribution is 2.30. The maximum Gasteiger partial charge on any atom is 0.126 e. The van der Waals surface area contributed by atoms with E-state index in [1.54, 1.807) is 7.11 Å². The van der Waals surface area contributed by atoms with Crippen molar-refractivity contribution in [2.45, 2.75) is 32.7 Å². The first-order chi connectivity index (χ1) is 10.3. The van der Waals surface area contributed by atoms with Gasteiger partial charge in [0.1, 0.15) is 5.75 Å². The second kappa shape index (κ2) is 6.48. The molecule has 112 valence electrons. The summed E-state index contributed by atoms with van der Waals surface area (Å²) in [6.45, 7) is 4.46. The zero-order valence-electron chi connectivity index (χ0n) is 13.1. The molecule has 1 aliphatic carbocycles. The molecule has 1 fully saturated rings. The Morgan fingerprint density at radius 2 is 1.90 bits per heavy atom. The molecule has 0 amide bonds. The van der Waals surface area contributed by atoms with Crippen LogP contribution in [0.1, 0.15) is 31.7 Å². The summed E-state index contributed by atoms with van der Waals surface area (Å²) in [5.41, 5.74) is 1.36. The predicted octanol–water partition coefficient (Wildman–Crippen LogP) is 4.37. The van der Waals surface area contributed by atoms with E-state index in [0.29, 0.717) is 0 Å². The molecule has 2 atom stereocenters. The summed E-state index contributed by atoms with van der Waals surface area (Å²) >= 11 is 0. The van der Waals surface area contributed by atoms with E-state index in [2.05, 4.69) is 48.6 Å². The fourth-order valence-electron chi connectivity index (χ4n) is 3.59. The van der Waals surface area contributed by atoms with Crippen LogP contribution in [0.2, 0.25) is 0 Å². The molecule has 2 aromatic rings. The lowest BCUT2D eigenvalue weighted by atomic mass is 10.0. The van der Waals surface area contributed by atoms with E-state index in [1.807, 2.05) is 0 Å². The maximum absolute atomic E-state index is 5.46. The van der Waals surface area contributed by atoms with Crippen LogP contribution in [0.25, 0.3) is 10.8 Å². The van der Waals surface area contributed by atoms with Gasteiger partial charge >= 0.3 is 0 Å². The van der Waals surface area contributed by atoms with Crippen LogP contribution in [0.4, 0.5) is 0 Å². The Kier molecular flexibility index (Phi) is 4.45. The van der Waals surface area contributed by atoms with Crippen LogP contribution >= 0.6 is 0 Å². The van der Waals surface area contributed by atoms with Crippen molar-refractivity contribution in [3.8, 4) is 5.75 Å². The number of methoxy groups -OCH3 is 1. The molecule has 0 spiro atoms. The van der Waals surface area contributed by atoms with Crippen molar-refractivity contribution < 1.29 is 4.74 Å². The SMILES string of the molecule is COc1ccc(CNCC2CCC(C)C2)c2ccccc12. The first kappa shape index (κ1) is 14.4. The first-order valence-electron chi connectivity index (χ1n) is 8.03. The van der Waals surface area contributed by atoms with Crippen molar-refractivity contribution >= 4 is 10.8 Å². The fraction of sp³-hybridized carbons (Fsp3) is 0.474. The van der Waals surface area contributed by atoms with Gasteiger partial charge in [-0.3, -0.25) is 0 Å². The molecule has 0 aliphatic heterocycles. The summed E-state index contributed by atoms with van der Waals surface area (Å²) < 4.78 is 5.46. The maximum atomic E-state index is 5.46. The van der Waals surface area contributed by atoms with E-state index in [4.69, 9.17) is 4.74 Å². The summed E-state index contributed by atoms with van der Waals surface area (Å²) in [6.07, 6.45) is 4.17. The summed E-state index contributed by atoms with van der Waals surface area (Å²) in [6, 6.07) is 12.8. The quantitative estimate of drug-likeness (QED) is 0.879. The highest BCUT2D eigenvalue weighted by molar-refractivity contribution is 5.91. The second-order valence-corrected chi connectivity index (χ2v) is 6.39. The first-order valence-corrected chi connectivity index (χ1v) is 8.03. The van der Waals surface area contributed by atoms with Crippen molar-refractivity contribution in [1.82, 2.24) is 5.32 Å². The lowest BCUT2D eigenvalue weighted by Gasteiger charge is -2.14. The van der Waals surface area contributed by atoms with Gasteiger partial charge in [-0.25, -0.2) is 0 Å². The molecule has 3 rings (SSSR count). The van der Waals surface area contributed by atoms with Gasteiger partial charge in [0.05, 0.1) is 7.11 Å². The normalized spacial score (nSPS) is 21.8. The van der Waals surface area contributed by atoms with Crippen LogP contribution in [-0.2, 0) is 6.54 Å². The number of nitrogens with one attached hydrogen (secondary N) is 1. The average molecular weight is 283 g/mol. The molecule has 1 saturated carbocycles. The van der Waals surface area contributed by atoms with Crippen LogP contribution in [0, 0.1) is 11.8 Å². The molecular weight excluding hydrogens is 258 g/mol. The lowest BCUT2D eigenvalue weighted by molar-refractivity contribution is 0.419. The predicted molar refractivity (Wildman–Crippen MR) is 88.7 cm³/mol. The van der Waals surface area contributed by atoms with Gasteiger partial charge in [-0.15, -0.1) is 0 Å². The highest BCUT2D eigenvalue weighted by Gasteiger charge is 2.20. The largest absolute Gasteiger partial charge is 0.496 e. The Morgan fingerprint density at radius 3 is 2.62 bits per heavy atom. The lowest BCUT2D eigenvalue weighted by Crippen LogP contribution is -2.21.